The first kappa shape index (κ1) is 7.87. The molecule has 1 rings (SSSR count). The van der Waals surface area contributed by atoms with Crippen molar-refractivity contribution in [2.45, 2.75) is 12.1 Å². The number of aliphatic hydroxyl groups excluding tert-OH is 1. The van der Waals surface area contributed by atoms with Gasteiger partial charge in [-0.2, -0.15) is 0 Å². The standard InChI is InChI=1S/C6H10N2O3/c1-3-7-2-4(9)5(8-3)6(10)11/h4-5,7-9H,1-2H2,(H,10,11). The fourth-order valence-corrected chi connectivity index (χ4v) is 0.907. The van der Waals surface area contributed by atoms with Crippen LogP contribution < -0.4 is 10.6 Å². The van der Waals surface area contributed by atoms with E-state index in [0.717, 1.165) is 0 Å². The number of rotatable bonds is 1. The van der Waals surface area contributed by atoms with Crippen LogP contribution in [0.1, 0.15) is 0 Å². The molecule has 1 heterocycles. The summed E-state index contributed by atoms with van der Waals surface area (Å²) >= 11 is 0. The van der Waals surface area contributed by atoms with Crippen molar-refractivity contribution in [3.8, 4) is 0 Å². The summed E-state index contributed by atoms with van der Waals surface area (Å²) in [4.78, 5) is 10.4. The summed E-state index contributed by atoms with van der Waals surface area (Å²) in [6, 6.07) is -0.941. The first-order valence-electron chi connectivity index (χ1n) is 3.21. The van der Waals surface area contributed by atoms with Crippen LogP contribution in [-0.4, -0.2) is 34.9 Å². The van der Waals surface area contributed by atoms with Gasteiger partial charge in [-0.3, -0.25) is 0 Å². The molecule has 0 aromatic rings. The minimum Gasteiger partial charge on any atom is -0.480 e. The molecular weight excluding hydrogens is 148 g/mol. The quantitative estimate of drug-likeness (QED) is 0.372. The van der Waals surface area contributed by atoms with Crippen molar-refractivity contribution < 1.29 is 15.0 Å². The van der Waals surface area contributed by atoms with Gasteiger partial charge in [-0.1, -0.05) is 6.58 Å². The number of aliphatic hydroxyl groups is 1. The molecule has 0 amide bonds. The van der Waals surface area contributed by atoms with Crippen molar-refractivity contribution in [3.63, 3.8) is 0 Å². The summed E-state index contributed by atoms with van der Waals surface area (Å²) in [5.74, 6) is -0.636. The highest BCUT2D eigenvalue weighted by Crippen LogP contribution is 2.00. The molecule has 62 valence electrons. The van der Waals surface area contributed by atoms with Gasteiger partial charge in [0.25, 0.3) is 0 Å². The van der Waals surface area contributed by atoms with Gasteiger partial charge < -0.3 is 20.8 Å². The molecule has 4 N–H and O–H groups in total. The molecule has 1 fully saturated rings. The predicted octanol–water partition coefficient (Wildman–Crippen LogP) is -1.54. The van der Waals surface area contributed by atoms with Gasteiger partial charge in [-0.05, 0) is 0 Å². The Morgan fingerprint density at radius 3 is 2.82 bits per heavy atom. The Labute approximate surface area is 63.7 Å². The highest BCUT2D eigenvalue weighted by atomic mass is 16.4. The van der Waals surface area contributed by atoms with Crippen LogP contribution in [0.3, 0.4) is 0 Å². The van der Waals surface area contributed by atoms with Gasteiger partial charge >= 0.3 is 5.97 Å². The Morgan fingerprint density at radius 2 is 2.36 bits per heavy atom. The average Bonchev–Trinajstić information content (AvgIpc) is 1.94. The van der Waals surface area contributed by atoms with Gasteiger partial charge in [0, 0.05) is 6.54 Å². The smallest absolute Gasteiger partial charge is 0.328 e. The van der Waals surface area contributed by atoms with Crippen LogP contribution in [0.15, 0.2) is 12.4 Å². The van der Waals surface area contributed by atoms with Crippen molar-refractivity contribution >= 4 is 5.97 Å². The Hall–Kier alpha value is -1.23. The van der Waals surface area contributed by atoms with E-state index in [9.17, 15) is 4.79 Å². The van der Waals surface area contributed by atoms with Gasteiger partial charge in [-0.15, -0.1) is 0 Å². The Balaban J connectivity index is 2.61. The molecule has 2 atom stereocenters. The maximum absolute atomic E-state index is 10.4. The van der Waals surface area contributed by atoms with E-state index in [1.807, 2.05) is 0 Å². The fraction of sp³-hybridized carbons (Fsp3) is 0.500. The normalized spacial score (nSPS) is 30.5. The van der Waals surface area contributed by atoms with Crippen LogP contribution in [0.5, 0.6) is 0 Å². The van der Waals surface area contributed by atoms with Crippen molar-refractivity contribution in [2.24, 2.45) is 0 Å². The van der Waals surface area contributed by atoms with E-state index in [2.05, 4.69) is 17.2 Å². The SMILES string of the molecule is C=C1NCC(O)C(C(=O)O)N1. The van der Waals surface area contributed by atoms with E-state index in [1.54, 1.807) is 0 Å². The number of nitrogens with one attached hydrogen (secondary N) is 2. The number of carboxylic acids is 1. The van der Waals surface area contributed by atoms with Gasteiger partial charge in [-0.25, -0.2) is 4.79 Å². The van der Waals surface area contributed by atoms with Crippen molar-refractivity contribution in [2.75, 3.05) is 6.54 Å². The predicted molar refractivity (Wildman–Crippen MR) is 37.7 cm³/mol. The van der Waals surface area contributed by atoms with E-state index < -0.39 is 18.1 Å². The van der Waals surface area contributed by atoms with Gasteiger partial charge in [0.15, 0.2) is 6.04 Å². The van der Waals surface area contributed by atoms with Crippen molar-refractivity contribution in [1.82, 2.24) is 10.6 Å². The summed E-state index contributed by atoms with van der Waals surface area (Å²) < 4.78 is 0. The molecule has 1 aliphatic rings. The lowest BCUT2D eigenvalue weighted by Gasteiger charge is -2.29. The highest BCUT2D eigenvalue weighted by molar-refractivity contribution is 5.74. The molecule has 0 aromatic carbocycles. The second-order valence-corrected chi connectivity index (χ2v) is 2.39. The third-order valence-electron chi connectivity index (χ3n) is 1.51. The molecule has 0 bridgehead atoms. The first-order chi connectivity index (χ1) is 5.11. The Bertz CT molecular complexity index is 192. The molecule has 5 heteroatoms. The molecule has 0 saturated carbocycles. The molecule has 11 heavy (non-hydrogen) atoms. The zero-order valence-corrected chi connectivity index (χ0v) is 5.87. The lowest BCUT2D eigenvalue weighted by molar-refractivity contribution is -0.142. The van der Waals surface area contributed by atoms with E-state index >= 15 is 0 Å². The zero-order valence-electron chi connectivity index (χ0n) is 5.87. The van der Waals surface area contributed by atoms with Gasteiger partial charge in [0.2, 0.25) is 0 Å². The third kappa shape index (κ3) is 1.62. The van der Waals surface area contributed by atoms with Crippen LogP contribution in [0.25, 0.3) is 0 Å². The van der Waals surface area contributed by atoms with Crippen LogP contribution in [0, 0.1) is 0 Å². The van der Waals surface area contributed by atoms with Crippen LogP contribution >= 0.6 is 0 Å². The highest BCUT2D eigenvalue weighted by Gasteiger charge is 2.29. The number of carbonyl (C=O) groups is 1. The van der Waals surface area contributed by atoms with Gasteiger partial charge in [0.1, 0.15) is 6.10 Å². The maximum atomic E-state index is 10.4. The number of hydrogen-bond acceptors (Lipinski definition) is 4. The first-order valence-corrected chi connectivity index (χ1v) is 3.21. The summed E-state index contributed by atoms with van der Waals surface area (Å²) in [5.41, 5.74) is 0. The zero-order chi connectivity index (χ0) is 8.43. The molecule has 0 radical (unpaired) electrons. The number of β-amino-alcohol motifs (C(OH)–C–C–N with tert-alkyl or cyclic N) is 1. The topological polar surface area (TPSA) is 81.6 Å². The molecule has 0 aromatic heterocycles. The average molecular weight is 158 g/mol. The lowest BCUT2D eigenvalue weighted by atomic mass is 10.1. The van der Waals surface area contributed by atoms with Crippen LogP contribution in [0.4, 0.5) is 0 Å². The fourth-order valence-electron chi connectivity index (χ4n) is 0.907. The Morgan fingerprint density at radius 1 is 1.73 bits per heavy atom. The maximum Gasteiger partial charge on any atom is 0.328 e. The van der Waals surface area contributed by atoms with Crippen molar-refractivity contribution in [3.05, 3.63) is 12.4 Å². The van der Waals surface area contributed by atoms with E-state index in [1.165, 1.54) is 0 Å². The molecular formula is C6H10N2O3. The number of hydrogen-bond donors (Lipinski definition) is 4. The third-order valence-corrected chi connectivity index (χ3v) is 1.51. The molecule has 1 saturated heterocycles. The second-order valence-electron chi connectivity index (χ2n) is 2.39. The van der Waals surface area contributed by atoms with Crippen molar-refractivity contribution in [1.29, 1.82) is 0 Å². The van der Waals surface area contributed by atoms with Crippen LogP contribution in [0.2, 0.25) is 0 Å². The summed E-state index contributed by atoms with van der Waals surface area (Å²) in [7, 11) is 0. The molecule has 0 aliphatic carbocycles. The van der Waals surface area contributed by atoms with E-state index in [-0.39, 0.29) is 6.54 Å². The molecule has 0 spiro atoms. The molecule has 1 aliphatic heterocycles. The second kappa shape index (κ2) is 2.79. The minimum atomic E-state index is -1.07. The Kier molecular flexibility index (Phi) is 2.00. The van der Waals surface area contributed by atoms with E-state index in [4.69, 9.17) is 10.2 Å². The largest absolute Gasteiger partial charge is 0.480 e. The monoisotopic (exact) mass is 158 g/mol. The summed E-state index contributed by atoms with van der Waals surface area (Å²) in [5, 5.41) is 22.9. The minimum absolute atomic E-state index is 0.225. The number of carboxylic acid groups (broad SMARTS) is 1. The van der Waals surface area contributed by atoms with E-state index in [0.29, 0.717) is 5.82 Å². The lowest BCUT2D eigenvalue weighted by Crippen LogP contribution is -2.56. The summed E-state index contributed by atoms with van der Waals surface area (Å²) in [6.07, 6.45) is -0.905. The summed E-state index contributed by atoms with van der Waals surface area (Å²) in [6.45, 7) is 3.71. The molecule has 2 unspecified atom stereocenters. The van der Waals surface area contributed by atoms with Crippen LogP contribution in [-0.2, 0) is 4.79 Å². The molecule has 5 nitrogen and oxygen atoms in total. The van der Waals surface area contributed by atoms with Gasteiger partial charge in [0.05, 0.1) is 5.82 Å². The number of aliphatic carboxylic acids is 1.